The lowest BCUT2D eigenvalue weighted by Crippen LogP contribution is -2.40. The number of esters is 2. The number of rotatable bonds is 8. The number of thiazole rings is 1. The highest BCUT2D eigenvalue weighted by molar-refractivity contribution is 9.10. The smallest absolute Gasteiger partial charge is 0.343 e. The average Bonchev–Trinajstić information content (AvgIpc) is 3.25. The monoisotopic (exact) mass is 600 g/mol. The maximum Gasteiger partial charge on any atom is 0.343 e. The number of ether oxygens (including phenoxy) is 4. The molecule has 0 radical (unpaired) electrons. The van der Waals surface area contributed by atoms with Gasteiger partial charge in [0.1, 0.15) is 0 Å². The maximum absolute atomic E-state index is 13.8. The minimum absolute atomic E-state index is 0.279. The van der Waals surface area contributed by atoms with Crippen molar-refractivity contribution in [2.45, 2.75) is 19.4 Å². The summed E-state index contributed by atoms with van der Waals surface area (Å²) in [6, 6.07) is 12.0. The van der Waals surface area contributed by atoms with Gasteiger partial charge in [-0.25, -0.2) is 14.6 Å². The van der Waals surface area contributed by atoms with Crippen LogP contribution in [0.25, 0.3) is 6.08 Å². The normalized spacial score (nSPS) is 15.0. The van der Waals surface area contributed by atoms with Gasteiger partial charge in [0.2, 0.25) is 0 Å². The van der Waals surface area contributed by atoms with Crippen LogP contribution < -0.4 is 24.4 Å². The minimum atomic E-state index is -0.677. The van der Waals surface area contributed by atoms with Crippen LogP contribution in [0.15, 0.2) is 68.0 Å². The first kappa shape index (κ1) is 27.3. The standard InChI is InChI=1S/C27H25BrN2O7S/c1-5-18-23(26(33)36-4)24(15-9-7-6-8-10-15)30-25(32)21(38-27(30)29-18)12-16-11-19(34-2)20(13-17(16)28)37-14-22(31)35-3/h6-13,24H,5,14H2,1-4H3/b21-12-/t24-/m1/s1. The highest BCUT2D eigenvalue weighted by atomic mass is 79.9. The Kier molecular flexibility index (Phi) is 8.48. The lowest BCUT2D eigenvalue weighted by Gasteiger charge is -2.25. The molecule has 4 rings (SSSR count). The van der Waals surface area contributed by atoms with E-state index in [2.05, 4.69) is 25.7 Å². The number of methoxy groups -OCH3 is 3. The van der Waals surface area contributed by atoms with Crippen LogP contribution in [0.2, 0.25) is 0 Å². The van der Waals surface area contributed by atoms with Crippen LogP contribution >= 0.6 is 27.3 Å². The molecule has 11 heteroatoms. The van der Waals surface area contributed by atoms with E-state index in [0.29, 0.717) is 48.6 Å². The lowest BCUT2D eigenvalue weighted by molar-refractivity contribution is -0.143. The van der Waals surface area contributed by atoms with Crippen molar-refractivity contribution in [1.82, 2.24) is 4.57 Å². The summed E-state index contributed by atoms with van der Waals surface area (Å²) in [4.78, 5) is 43.3. The van der Waals surface area contributed by atoms with Crippen LogP contribution in [-0.2, 0) is 19.1 Å². The van der Waals surface area contributed by atoms with Crippen molar-refractivity contribution in [2.75, 3.05) is 27.9 Å². The summed E-state index contributed by atoms with van der Waals surface area (Å²) in [5.41, 5.74) is 2.05. The Morgan fingerprint density at radius 2 is 1.84 bits per heavy atom. The van der Waals surface area contributed by atoms with E-state index >= 15 is 0 Å². The Morgan fingerprint density at radius 3 is 2.47 bits per heavy atom. The van der Waals surface area contributed by atoms with Crippen LogP contribution in [0.1, 0.15) is 30.5 Å². The highest BCUT2D eigenvalue weighted by Crippen LogP contribution is 2.34. The van der Waals surface area contributed by atoms with Crippen LogP contribution in [0, 0.1) is 0 Å². The first-order chi connectivity index (χ1) is 18.3. The van der Waals surface area contributed by atoms with Gasteiger partial charge in [-0.1, -0.05) is 64.5 Å². The van der Waals surface area contributed by atoms with Crippen molar-refractivity contribution in [3.05, 3.63) is 89.0 Å². The summed E-state index contributed by atoms with van der Waals surface area (Å²) in [5.74, 6) is -0.342. The second-order valence-electron chi connectivity index (χ2n) is 8.09. The molecule has 38 heavy (non-hydrogen) atoms. The summed E-state index contributed by atoms with van der Waals surface area (Å²) >= 11 is 4.74. The minimum Gasteiger partial charge on any atom is -0.493 e. The number of fused-ring (bicyclic) bond motifs is 1. The van der Waals surface area contributed by atoms with Gasteiger partial charge >= 0.3 is 11.9 Å². The Morgan fingerprint density at radius 1 is 1.11 bits per heavy atom. The van der Waals surface area contributed by atoms with Gasteiger partial charge in [-0.3, -0.25) is 9.36 Å². The summed E-state index contributed by atoms with van der Waals surface area (Å²) in [6.07, 6.45) is 2.21. The largest absolute Gasteiger partial charge is 0.493 e. The molecule has 2 aromatic carbocycles. The zero-order valence-corrected chi connectivity index (χ0v) is 23.6. The first-order valence-electron chi connectivity index (χ1n) is 11.6. The molecule has 0 spiro atoms. The van der Waals surface area contributed by atoms with Crippen LogP contribution in [0.5, 0.6) is 11.5 Å². The number of carbonyl (C=O) groups is 2. The Balaban J connectivity index is 1.88. The van der Waals surface area contributed by atoms with Crippen molar-refractivity contribution in [2.24, 2.45) is 4.99 Å². The number of carbonyl (C=O) groups excluding carboxylic acids is 2. The predicted molar refractivity (Wildman–Crippen MR) is 145 cm³/mol. The molecular weight excluding hydrogens is 576 g/mol. The van der Waals surface area contributed by atoms with Gasteiger partial charge < -0.3 is 18.9 Å². The summed E-state index contributed by atoms with van der Waals surface area (Å²) in [6.45, 7) is 1.63. The molecule has 1 atom stereocenters. The van der Waals surface area contributed by atoms with Crippen molar-refractivity contribution >= 4 is 45.3 Å². The summed E-state index contributed by atoms with van der Waals surface area (Å²) in [7, 11) is 4.07. The molecule has 0 saturated carbocycles. The second-order valence-corrected chi connectivity index (χ2v) is 9.95. The van der Waals surface area contributed by atoms with E-state index in [4.69, 9.17) is 14.2 Å². The third-order valence-electron chi connectivity index (χ3n) is 5.91. The molecule has 0 aliphatic carbocycles. The first-order valence-corrected chi connectivity index (χ1v) is 13.2. The SMILES string of the molecule is CCC1=C(C(=O)OC)[C@@H](c2ccccc2)n2c(s/c(=C\c3cc(OC)c(OCC(=O)OC)cc3Br)c2=O)=N1. The van der Waals surface area contributed by atoms with E-state index < -0.39 is 18.0 Å². The number of hydrogen-bond acceptors (Lipinski definition) is 9. The number of halogens is 1. The van der Waals surface area contributed by atoms with Crippen molar-refractivity contribution in [3.63, 3.8) is 0 Å². The molecule has 0 fully saturated rings. The molecule has 0 amide bonds. The second kappa shape index (κ2) is 11.8. The zero-order valence-electron chi connectivity index (χ0n) is 21.1. The Hall–Kier alpha value is -3.70. The van der Waals surface area contributed by atoms with Gasteiger partial charge in [0.05, 0.1) is 43.2 Å². The van der Waals surface area contributed by atoms with Crippen molar-refractivity contribution < 1.29 is 28.5 Å². The fourth-order valence-corrected chi connectivity index (χ4v) is 5.53. The molecule has 1 aliphatic heterocycles. The molecule has 198 valence electrons. The van der Waals surface area contributed by atoms with E-state index in [1.54, 1.807) is 18.2 Å². The third kappa shape index (κ3) is 5.30. The van der Waals surface area contributed by atoms with Crippen molar-refractivity contribution in [3.8, 4) is 11.5 Å². The summed E-state index contributed by atoms with van der Waals surface area (Å²) < 4.78 is 23.2. The van der Waals surface area contributed by atoms with Crippen molar-refractivity contribution in [1.29, 1.82) is 0 Å². The zero-order chi connectivity index (χ0) is 27.4. The van der Waals surface area contributed by atoms with Gasteiger partial charge in [0.25, 0.3) is 5.56 Å². The van der Waals surface area contributed by atoms with Gasteiger partial charge in [0.15, 0.2) is 22.9 Å². The molecule has 1 aliphatic rings. The average molecular weight is 601 g/mol. The van der Waals surface area contributed by atoms with E-state index in [0.717, 1.165) is 5.56 Å². The van der Waals surface area contributed by atoms with E-state index in [-0.39, 0.29) is 12.2 Å². The number of nitrogens with zero attached hydrogens (tertiary/aromatic N) is 2. The van der Waals surface area contributed by atoms with Gasteiger partial charge in [0, 0.05) is 4.47 Å². The van der Waals surface area contributed by atoms with Gasteiger partial charge in [-0.2, -0.15) is 0 Å². The van der Waals surface area contributed by atoms with Crippen LogP contribution in [0.3, 0.4) is 0 Å². The number of hydrogen-bond donors (Lipinski definition) is 0. The molecule has 1 aromatic heterocycles. The fraction of sp³-hybridized carbons (Fsp3) is 0.259. The van der Waals surface area contributed by atoms with Gasteiger partial charge in [-0.05, 0) is 35.8 Å². The molecular formula is C27H25BrN2O7S. The molecule has 0 bridgehead atoms. The van der Waals surface area contributed by atoms with E-state index in [1.807, 2.05) is 37.3 Å². The highest BCUT2D eigenvalue weighted by Gasteiger charge is 2.33. The number of allylic oxidation sites excluding steroid dienone is 1. The Bertz CT molecular complexity index is 1590. The molecule has 9 nitrogen and oxygen atoms in total. The number of benzene rings is 2. The van der Waals surface area contributed by atoms with E-state index in [1.165, 1.54) is 37.2 Å². The van der Waals surface area contributed by atoms with Crippen LogP contribution in [0.4, 0.5) is 0 Å². The molecule has 0 unspecified atom stereocenters. The lowest BCUT2D eigenvalue weighted by atomic mass is 9.95. The summed E-state index contributed by atoms with van der Waals surface area (Å²) in [5, 5.41) is 0. The fourth-order valence-electron chi connectivity index (χ4n) is 4.09. The van der Waals surface area contributed by atoms with Crippen LogP contribution in [-0.4, -0.2) is 44.4 Å². The van der Waals surface area contributed by atoms with Gasteiger partial charge in [-0.15, -0.1) is 0 Å². The topological polar surface area (TPSA) is 105 Å². The third-order valence-corrected chi connectivity index (χ3v) is 7.58. The molecule has 0 N–H and O–H groups in total. The Labute approximate surface area is 230 Å². The van der Waals surface area contributed by atoms with E-state index in [9.17, 15) is 14.4 Å². The predicted octanol–water partition coefficient (Wildman–Crippen LogP) is 3.12. The quantitative estimate of drug-likeness (QED) is 0.366. The molecule has 2 heterocycles. The molecule has 3 aromatic rings. The number of aromatic nitrogens is 1. The molecule has 0 saturated heterocycles. The maximum atomic E-state index is 13.8.